The number of hydrogen-bond acceptors (Lipinski definition) is 4. The number of hydrogen-bond donors (Lipinski definition) is 2. The van der Waals surface area contributed by atoms with Crippen molar-refractivity contribution in [3.05, 3.63) is 83.4 Å². The highest BCUT2D eigenvalue weighted by molar-refractivity contribution is 7.92. The van der Waals surface area contributed by atoms with Crippen molar-refractivity contribution in [1.82, 2.24) is 0 Å². The number of methoxy groups -OCH3 is 1. The molecule has 0 aromatic heterocycles. The second-order valence-corrected chi connectivity index (χ2v) is 7.94. The third-order valence-electron chi connectivity index (χ3n) is 3.85. The Hall–Kier alpha value is -3.03. The maximum atomic E-state index is 12.6. The molecule has 0 spiro atoms. The van der Waals surface area contributed by atoms with Crippen molar-refractivity contribution < 1.29 is 17.9 Å². The van der Waals surface area contributed by atoms with Gasteiger partial charge in [-0.1, -0.05) is 17.7 Å². The van der Waals surface area contributed by atoms with Crippen LogP contribution < -0.4 is 14.8 Å². The van der Waals surface area contributed by atoms with Crippen LogP contribution in [-0.2, 0) is 10.0 Å². The molecular formula is C20H17ClN2O4S. The summed E-state index contributed by atoms with van der Waals surface area (Å²) in [6.07, 6.45) is 0. The van der Waals surface area contributed by atoms with Crippen LogP contribution in [0.4, 0.5) is 11.4 Å². The van der Waals surface area contributed by atoms with Gasteiger partial charge in [-0.15, -0.1) is 0 Å². The lowest BCUT2D eigenvalue weighted by atomic mass is 10.2. The standard InChI is InChI=1S/C20H17ClN2O4S/c1-27-18-11-9-16(10-12-18)22-20(24)14-3-2-4-19(13-14)28(25,26)23-17-7-5-15(21)6-8-17/h2-13,23H,1H3,(H,22,24). The summed E-state index contributed by atoms with van der Waals surface area (Å²) in [5, 5.41) is 3.22. The van der Waals surface area contributed by atoms with Gasteiger partial charge in [0, 0.05) is 22.0 Å². The maximum absolute atomic E-state index is 12.6. The topological polar surface area (TPSA) is 84.5 Å². The first kappa shape index (κ1) is 19.7. The molecule has 1 amide bonds. The van der Waals surface area contributed by atoms with Gasteiger partial charge in [-0.25, -0.2) is 8.42 Å². The van der Waals surface area contributed by atoms with E-state index in [1.165, 1.54) is 18.2 Å². The van der Waals surface area contributed by atoms with Gasteiger partial charge in [0.05, 0.1) is 12.0 Å². The predicted octanol–water partition coefficient (Wildman–Crippen LogP) is 4.40. The zero-order valence-corrected chi connectivity index (χ0v) is 16.4. The Morgan fingerprint density at radius 2 is 1.57 bits per heavy atom. The molecule has 0 aliphatic carbocycles. The lowest BCUT2D eigenvalue weighted by Gasteiger charge is -2.10. The number of nitrogens with one attached hydrogen (secondary N) is 2. The number of carbonyl (C=O) groups excluding carboxylic acids is 1. The van der Waals surface area contributed by atoms with Crippen LogP contribution in [0.15, 0.2) is 77.7 Å². The van der Waals surface area contributed by atoms with Crippen LogP contribution in [0.1, 0.15) is 10.4 Å². The van der Waals surface area contributed by atoms with Crippen LogP contribution in [-0.4, -0.2) is 21.4 Å². The summed E-state index contributed by atoms with van der Waals surface area (Å²) in [4.78, 5) is 12.4. The van der Waals surface area contributed by atoms with E-state index in [9.17, 15) is 13.2 Å². The molecule has 0 saturated heterocycles. The second kappa shape index (κ2) is 8.33. The molecule has 3 aromatic rings. The first-order chi connectivity index (χ1) is 13.4. The van der Waals surface area contributed by atoms with Crippen molar-refractivity contribution in [2.45, 2.75) is 4.90 Å². The lowest BCUT2D eigenvalue weighted by Crippen LogP contribution is -2.16. The van der Waals surface area contributed by atoms with E-state index >= 15 is 0 Å². The van der Waals surface area contributed by atoms with E-state index < -0.39 is 15.9 Å². The third-order valence-corrected chi connectivity index (χ3v) is 5.48. The molecule has 0 radical (unpaired) electrons. The van der Waals surface area contributed by atoms with Gasteiger partial charge in [0.2, 0.25) is 0 Å². The van der Waals surface area contributed by atoms with Crippen molar-refractivity contribution in [2.24, 2.45) is 0 Å². The first-order valence-corrected chi connectivity index (χ1v) is 10.1. The fourth-order valence-electron chi connectivity index (χ4n) is 2.41. The zero-order chi connectivity index (χ0) is 20.1. The molecule has 144 valence electrons. The summed E-state index contributed by atoms with van der Waals surface area (Å²) < 4.78 is 32.7. The number of carbonyl (C=O) groups is 1. The normalized spacial score (nSPS) is 10.9. The summed E-state index contributed by atoms with van der Waals surface area (Å²) in [5.41, 5.74) is 1.16. The SMILES string of the molecule is COc1ccc(NC(=O)c2cccc(S(=O)(=O)Nc3ccc(Cl)cc3)c2)cc1. The van der Waals surface area contributed by atoms with Gasteiger partial charge in [-0.2, -0.15) is 0 Å². The number of amides is 1. The molecule has 0 heterocycles. The number of halogens is 1. The van der Waals surface area contributed by atoms with Crippen LogP contribution >= 0.6 is 11.6 Å². The van der Waals surface area contributed by atoms with E-state index in [0.717, 1.165) is 0 Å². The third kappa shape index (κ3) is 4.82. The summed E-state index contributed by atoms with van der Waals surface area (Å²) in [6.45, 7) is 0. The fraction of sp³-hybridized carbons (Fsp3) is 0.0500. The Bertz CT molecular complexity index is 1080. The monoisotopic (exact) mass is 416 g/mol. The Balaban J connectivity index is 1.78. The van der Waals surface area contributed by atoms with Gasteiger partial charge < -0.3 is 10.1 Å². The molecule has 3 aromatic carbocycles. The number of ether oxygens (including phenoxy) is 1. The highest BCUT2D eigenvalue weighted by Gasteiger charge is 2.17. The van der Waals surface area contributed by atoms with Gasteiger partial charge in [0.25, 0.3) is 15.9 Å². The molecule has 0 unspecified atom stereocenters. The quantitative estimate of drug-likeness (QED) is 0.623. The van der Waals surface area contributed by atoms with Crippen LogP contribution in [0, 0.1) is 0 Å². The van der Waals surface area contributed by atoms with Gasteiger partial charge in [0.15, 0.2) is 0 Å². The van der Waals surface area contributed by atoms with E-state index in [2.05, 4.69) is 10.0 Å². The second-order valence-electron chi connectivity index (χ2n) is 5.82. The zero-order valence-electron chi connectivity index (χ0n) is 14.8. The highest BCUT2D eigenvalue weighted by atomic mass is 35.5. The number of rotatable bonds is 6. The Morgan fingerprint density at radius 1 is 0.929 bits per heavy atom. The number of benzene rings is 3. The number of anilines is 2. The average Bonchev–Trinajstić information content (AvgIpc) is 2.70. The number of sulfonamides is 1. The van der Waals surface area contributed by atoms with Crippen molar-refractivity contribution in [2.75, 3.05) is 17.1 Å². The minimum Gasteiger partial charge on any atom is -0.497 e. The molecule has 0 saturated carbocycles. The van der Waals surface area contributed by atoms with Crippen LogP contribution in [0.5, 0.6) is 5.75 Å². The Labute approximate surface area is 168 Å². The highest BCUT2D eigenvalue weighted by Crippen LogP contribution is 2.20. The van der Waals surface area contributed by atoms with E-state index in [-0.39, 0.29) is 10.5 Å². The molecule has 0 fully saturated rings. The van der Waals surface area contributed by atoms with Gasteiger partial charge >= 0.3 is 0 Å². The van der Waals surface area contributed by atoms with Crippen molar-refractivity contribution in [3.63, 3.8) is 0 Å². The van der Waals surface area contributed by atoms with E-state index in [4.69, 9.17) is 16.3 Å². The molecule has 28 heavy (non-hydrogen) atoms. The molecule has 0 aliphatic heterocycles. The predicted molar refractivity (Wildman–Crippen MR) is 110 cm³/mol. The van der Waals surface area contributed by atoms with Gasteiger partial charge in [-0.3, -0.25) is 9.52 Å². The first-order valence-electron chi connectivity index (χ1n) is 8.21. The molecule has 3 rings (SSSR count). The van der Waals surface area contributed by atoms with Crippen LogP contribution in [0.3, 0.4) is 0 Å². The molecule has 2 N–H and O–H groups in total. The molecule has 8 heteroatoms. The average molecular weight is 417 g/mol. The molecule has 0 atom stereocenters. The molecule has 0 bridgehead atoms. The van der Waals surface area contributed by atoms with Crippen LogP contribution in [0.2, 0.25) is 5.02 Å². The van der Waals surface area contributed by atoms with Crippen molar-refractivity contribution >= 4 is 38.9 Å². The summed E-state index contributed by atoms with van der Waals surface area (Å²) in [6, 6.07) is 18.9. The van der Waals surface area contributed by atoms with E-state index in [1.807, 2.05) is 0 Å². The molecule has 6 nitrogen and oxygen atoms in total. The van der Waals surface area contributed by atoms with Crippen molar-refractivity contribution in [3.8, 4) is 5.75 Å². The van der Waals surface area contributed by atoms with Crippen molar-refractivity contribution in [1.29, 1.82) is 0 Å². The minimum absolute atomic E-state index is 0.0233. The van der Waals surface area contributed by atoms with Gasteiger partial charge in [-0.05, 0) is 66.7 Å². The van der Waals surface area contributed by atoms with E-state index in [0.29, 0.717) is 22.1 Å². The van der Waals surface area contributed by atoms with E-state index in [1.54, 1.807) is 61.7 Å². The molecular weight excluding hydrogens is 400 g/mol. The lowest BCUT2D eigenvalue weighted by molar-refractivity contribution is 0.102. The van der Waals surface area contributed by atoms with Crippen LogP contribution in [0.25, 0.3) is 0 Å². The smallest absolute Gasteiger partial charge is 0.261 e. The summed E-state index contributed by atoms with van der Waals surface area (Å²) in [5.74, 6) is 0.244. The molecule has 0 aliphatic rings. The summed E-state index contributed by atoms with van der Waals surface area (Å²) >= 11 is 5.81. The Kier molecular flexibility index (Phi) is 5.87. The summed E-state index contributed by atoms with van der Waals surface area (Å²) in [7, 11) is -2.30. The Morgan fingerprint density at radius 3 is 2.21 bits per heavy atom. The maximum Gasteiger partial charge on any atom is 0.261 e. The largest absolute Gasteiger partial charge is 0.497 e. The van der Waals surface area contributed by atoms with Gasteiger partial charge in [0.1, 0.15) is 5.75 Å². The fourth-order valence-corrected chi connectivity index (χ4v) is 3.64. The minimum atomic E-state index is -3.85.